The summed E-state index contributed by atoms with van der Waals surface area (Å²) in [6.07, 6.45) is 2.10. The van der Waals surface area contributed by atoms with Gasteiger partial charge in [-0.05, 0) is 93.0 Å². The van der Waals surface area contributed by atoms with Crippen molar-refractivity contribution in [2.75, 3.05) is 0 Å². The minimum absolute atomic E-state index is 0.156. The van der Waals surface area contributed by atoms with Gasteiger partial charge in [-0.25, -0.2) is 4.98 Å². The molecule has 0 radical (unpaired) electrons. The lowest BCUT2D eigenvalue weighted by Crippen LogP contribution is -2.15. The molecule has 7 aromatic carbocycles. The van der Waals surface area contributed by atoms with Crippen molar-refractivity contribution in [3.63, 3.8) is 0 Å². The molecule has 3 heterocycles. The third kappa shape index (κ3) is 4.79. The highest BCUT2D eigenvalue weighted by atomic mass is 15.0. The predicted molar refractivity (Wildman–Crippen MR) is 229 cm³/mol. The quantitative estimate of drug-likeness (QED) is 0.175. The van der Waals surface area contributed by atoms with Gasteiger partial charge in [0.2, 0.25) is 0 Å². The van der Waals surface area contributed by atoms with Crippen LogP contribution in [0.1, 0.15) is 25.0 Å². The van der Waals surface area contributed by atoms with Crippen molar-refractivity contribution in [1.82, 2.24) is 14.0 Å². The summed E-state index contributed by atoms with van der Waals surface area (Å²) in [5, 5.41) is 2.56. The number of imidazole rings is 1. The lowest BCUT2D eigenvalue weighted by Gasteiger charge is -2.22. The zero-order chi connectivity index (χ0) is 36.7. The van der Waals surface area contributed by atoms with E-state index in [-0.39, 0.29) is 5.41 Å². The van der Waals surface area contributed by atoms with Crippen LogP contribution < -0.4 is 0 Å². The molecular formula is C52H37N3. The van der Waals surface area contributed by atoms with Crippen molar-refractivity contribution in [2.24, 2.45) is 0 Å². The number of rotatable bonds is 5. The van der Waals surface area contributed by atoms with Crippen LogP contribution in [0.15, 0.2) is 188 Å². The van der Waals surface area contributed by atoms with Crippen molar-refractivity contribution < 1.29 is 0 Å². The van der Waals surface area contributed by atoms with Gasteiger partial charge < -0.3 is 4.57 Å². The molecule has 0 saturated carbocycles. The zero-order valence-corrected chi connectivity index (χ0v) is 30.7. The van der Waals surface area contributed by atoms with Crippen LogP contribution in [0.2, 0.25) is 0 Å². The average molecular weight is 704 g/mol. The van der Waals surface area contributed by atoms with Crippen LogP contribution in [-0.2, 0) is 5.41 Å². The molecule has 55 heavy (non-hydrogen) atoms. The maximum Gasteiger partial charge on any atom is 0.137 e. The van der Waals surface area contributed by atoms with Gasteiger partial charge in [0.25, 0.3) is 0 Å². The number of para-hydroxylation sites is 2. The first-order chi connectivity index (χ1) is 27.0. The van der Waals surface area contributed by atoms with Crippen LogP contribution in [0.25, 0.3) is 89.0 Å². The third-order valence-corrected chi connectivity index (χ3v) is 11.7. The zero-order valence-electron chi connectivity index (χ0n) is 30.7. The molecule has 0 fully saturated rings. The van der Waals surface area contributed by atoms with Crippen LogP contribution in [-0.4, -0.2) is 14.0 Å². The topological polar surface area (TPSA) is 22.2 Å². The first-order valence-electron chi connectivity index (χ1n) is 19.1. The molecule has 10 aromatic rings. The van der Waals surface area contributed by atoms with Crippen LogP contribution in [0.5, 0.6) is 0 Å². The first-order valence-corrected chi connectivity index (χ1v) is 19.1. The summed E-state index contributed by atoms with van der Waals surface area (Å²) in [4.78, 5) is 5.05. The summed E-state index contributed by atoms with van der Waals surface area (Å²) < 4.78 is 4.62. The highest BCUT2D eigenvalue weighted by Gasteiger charge is 2.38. The molecule has 0 unspecified atom stereocenters. The Morgan fingerprint density at radius 2 is 1.15 bits per heavy atom. The van der Waals surface area contributed by atoms with E-state index < -0.39 is 0 Å². The van der Waals surface area contributed by atoms with Gasteiger partial charge in [0.15, 0.2) is 0 Å². The predicted octanol–water partition coefficient (Wildman–Crippen LogP) is 13.4. The SMILES string of the molecule is CC1(C)c2cc3c(cc2-c2c(-c4cccc(-c5ccc(-c6c(-c7ccccc7)nc7ccccn67)cc5)c4)cccc21)c1ccccc1n3-c1ccccc1. The van der Waals surface area contributed by atoms with E-state index in [1.54, 1.807) is 0 Å². The maximum atomic E-state index is 5.05. The number of aromatic nitrogens is 3. The molecule has 0 N–H and O–H groups in total. The average Bonchev–Trinajstić information content (AvgIpc) is 3.86. The summed E-state index contributed by atoms with van der Waals surface area (Å²) in [6, 6.07) is 66.1. The number of fused-ring (bicyclic) bond motifs is 7. The molecular weight excluding hydrogens is 667 g/mol. The van der Waals surface area contributed by atoms with E-state index >= 15 is 0 Å². The fourth-order valence-corrected chi connectivity index (χ4v) is 9.10. The van der Waals surface area contributed by atoms with Crippen molar-refractivity contribution in [3.05, 3.63) is 199 Å². The van der Waals surface area contributed by atoms with Crippen molar-refractivity contribution in [2.45, 2.75) is 19.3 Å². The third-order valence-electron chi connectivity index (χ3n) is 11.7. The smallest absolute Gasteiger partial charge is 0.137 e. The van der Waals surface area contributed by atoms with Gasteiger partial charge in [-0.1, -0.05) is 147 Å². The van der Waals surface area contributed by atoms with Crippen molar-refractivity contribution >= 4 is 27.5 Å². The molecule has 3 heteroatoms. The van der Waals surface area contributed by atoms with Gasteiger partial charge in [0, 0.05) is 39.2 Å². The number of hydrogen-bond acceptors (Lipinski definition) is 1. The lowest BCUT2D eigenvalue weighted by atomic mass is 9.81. The second kappa shape index (κ2) is 12.0. The largest absolute Gasteiger partial charge is 0.309 e. The van der Waals surface area contributed by atoms with Crippen LogP contribution in [0.3, 0.4) is 0 Å². The van der Waals surface area contributed by atoms with Gasteiger partial charge in [-0.15, -0.1) is 0 Å². The summed E-state index contributed by atoms with van der Waals surface area (Å²) in [7, 11) is 0. The molecule has 1 aliphatic carbocycles. The van der Waals surface area contributed by atoms with Gasteiger partial charge in [0.05, 0.1) is 22.4 Å². The molecule has 0 atom stereocenters. The summed E-state index contributed by atoms with van der Waals surface area (Å²) in [5.74, 6) is 0. The van der Waals surface area contributed by atoms with E-state index in [9.17, 15) is 0 Å². The fourth-order valence-electron chi connectivity index (χ4n) is 9.10. The van der Waals surface area contributed by atoms with E-state index in [2.05, 4.69) is 205 Å². The Balaban J connectivity index is 1.03. The standard InChI is InChI=1S/C52H37N3/c1-52(2)44-23-14-22-40(49(44)43-32-42-41-21-9-10-24-46(41)55(47(42)33-45(43)52)39-19-7-4-8-20-39)38-18-13-17-37(31-38)34-26-28-36(29-27-34)51-50(35-15-5-3-6-16-35)53-48-25-11-12-30-54(48)51/h3-33H,1-2H3. The second-order valence-corrected chi connectivity index (χ2v) is 15.2. The van der Waals surface area contributed by atoms with Crippen LogP contribution >= 0.6 is 0 Å². The Hall–Kier alpha value is -6.97. The van der Waals surface area contributed by atoms with E-state index in [4.69, 9.17) is 4.98 Å². The van der Waals surface area contributed by atoms with Gasteiger partial charge in [-0.3, -0.25) is 4.40 Å². The van der Waals surface area contributed by atoms with Crippen molar-refractivity contribution in [3.8, 4) is 61.6 Å². The second-order valence-electron chi connectivity index (χ2n) is 15.2. The maximum absolute atomic E-state index is 5.05. The molecule has 3 aromatic heterocycles. The Morgan fingerprint density at radius 3 is 1.98 bits per heavy atom. The minimum atomic E-state index is -0.156. The molecule has 0 spiro atoms. The Kier molecular flexibility index (Phi) is 6.90. The van der Waals surface area contributed by atoms with E-state index in [0.29, 0.717) is 0 Å². The van der Waals surface area contributed by atoms with Gasteiger partial charge in [0.1, 0.15) is 5.65 Å². The van der Waals surface area contributed by atoms with Gasteiger partial charge >= 0.3 is 0 Å². The van der Waals surface area contributed by atoms with E-state index in [1.807, 2.05) is 6.07 Å². The highest BCUT2D eigenvalue weighted by molar-refractivity contribution is 6.12. The van der Waals surface area contributed by atoms with Crippen molar-refractivity contribution in [1.29, 1.82) is 0 Å². The van der Waals surface area contributed by atoms with Crippen LogP contribution in [0.4, 0.5) is 0 Å². The monoisotopic (exact) mass is 703 g/mol. The normalized spacial score (nSPS) is 13.1. The highest BCUT2D eigenvalue weighted by Crippen LogP contribution is 2.54. The van der Waals surface area contributed by atoms with E-state index in [0.717, 1.165) is 28.2 Å². The Labute approximate surface area is 320 Å². The molecule has 11 rings (SSSR count). The lowest BCUT2D eigenvalue weighted by molar-refractivity contribution is 0.661. The molecule has 0 bridgehead atoms. The first kappa shape index (κ1) is 31.5. The number of benzene rings is 7. The number of nitrogens with zero attached hydrogens (tertiary/aromatic N) is 3. The molecule has 1 aliphatic rings. The van der Waals surface area contributed by atoms with Gasteiger partial charge in [-0.2, -0.15) is 0 Å². The molecule has 0 saturated heterocycles. The molecule has 0 amide bonds. The molecule has 3 nitrogen and oxygen atoms in total. The summed E-state index contributed by atoms with van der Waals surface area (Å²) in [6.45, 7) is 4.77. The van der Waals surface area contributed by atoms with Crippen LogP contribution in [0, 0.1) is 0 Å². The fraction of sp³-hybridized carbons (Fsp3) is 0.0577. The number of hydrogen-bond donors (Lipinski definition) is 0. The minimum Gasteiger partial charge on any atom is -0.309 e. The number of pyridine rings is 1. The summed E-state index contributed by atoms with van der Waals surface area (Å²) >= 11 is 0. The summed E-state index contributed by atoms with van der Waals surface area (Å²) in [5.41, 5.74) is 19.1. The Morgan fingerprint density at radius 1 is 0.455 bits per heavy atom. The Bertz CT molecular complexity index is 3090. The molecule has 260 valence electrons. The molecule has 0 aliphatic heterocycles. The van der Waals surface area contributed by atoms with E-state index in [1.165, 1.54) is 72.0 Å².